The molecule has 0 saturated heterocycles. The average Bonchev–Trinajstić information content (AvgIpc) is 3.81. The number of benzene rings is 8. The molecule has 11 aromatic rings. The Morgan fingerprint density at radius 1 is 0.418 bits per heavy atom. The van der Waals surface area contributed by atoms with Gasteiger partial charge in [0, 0.05) is 49.2 Å². The fraction of sp³-hybridized carbons (Fsp3) is 0.0200. The number of aromatic nitrogens is 4. The number of hydrogen-bond donors (Lipinski definition) is 0. The van der Waals surface area contributed by atoms with Crippen LogP contribution in [-0.2, 0) is 0 Å². The van der Waals surface area contributed by atoms with Gasteiger partial charge in [0.25, 0.3) is 0 Å². The molecule has 55 heavy (non-hydrogen) atoms. The van der Waals surface area contributed by atoms with Crippen molar-refractivity contribution in [1.29, 1.82) is 0 Å². The standard InChI is InChI=1S/C50H32N4O/c1-31-22-23-34-28-29-40-38-17-10-18-39(42-20-11-19-41-37-16-8-9-21-44(37)55-47(41)42)45(38)54(46(40)43(34)30-31)50-52-48(35-14-6-3-7-15-35)51-49(53-50)36-26-24-33(25-27-36)32-12-4-2-5-13-32/h2-30H,1H3. The number of para-hydroxylation sites is 3. The minimum atomic E-state index is 0.550. The van der Waals surface area contributed by atoms with Crippen LogP contribution in [0.2, 0.25) is 0 Å². The second kappa shape index (κ2) is 12.4. The Morgan fingerprint density at radius 2 is 1.00 bits per heavy atom. The van der Waals surface area contributed by atoms with Gasteiger partial charge in [-0.05, 0) is 35.6 Å². The molecule has 0 amide bonds. The van der Waals surface area contributed by atoms with Gasteiger partial charge in [-0.25, -0.2) is 4.98 Å². The molecule has 0 unspecified atom stereocenters. The summed E-state index contributed by atoms with van der Waals surface area (Å²) in [4.78, 5) is 15.8. The molecule has 0 aliphatic rings. The van der Waals surface area contributed by atoms with Crippen molar-refractivity contribution in [3.8, 4) is 51.0 Å². The van der Waals surface area contributed by atoms with Crippen molar-refractivity contribution in [1.82, 2.24) is 19.5 Å². The van der Waals surface area contributed by atoms with Crippen molar-refractivity contribution in [2.45, 2.75) is 6.92 Å². The lowest BCUT2D eigenvalue weighted by molar-refractivity contribution is 0.670. The van der Waals surface area contributed by atoms with Crippen molar-refractivity contribution >= 4 is 54.5 Å². The van der Waals surface area contributed by atoms with Crippen LogP contribution in [0.25, 0.3) is 105 Å². The molecule has 0 saturated carbocycles. The highest BCUT2D eigenvalue weighted by Gasteiger charge is 2.23. The third kappa shape index (κ3) is 5.05. The molecule has 3 heterocycles. The van der Waals surface area contributed by atoms with E-state index in [1.54, 1.807) is 0 Å². The molecule has 0 aliphatic heterocycles. The molecule has 0 N–H and O–H groups in total. The number of nitrogens with zero attached hydrogens (tertiary/aromatic N) is 4. The maximum absolute atomic E-state index is 6.64. The van der Waals surface area contributed by atoms with Gasteiger partial charge < -0.3 is 4.42 Å². The zero-order valence-electron chi connectivity index (χ0n) is 29.9. The first-order valence-corrected chi connectivity index (χ1v) is 18.5. The van der Waals surface area contributed by atoms with E-state index in [4.69, 9.17) is 19.4 Å². The molecule has 0 radical (unpaired) electrons. The summed E-state index contributed by atoms with van der Waals surface area (Å²) in [5.41, 5.74) is 11.1. The van der Waals surface area contributed by atoms with Crippen molar-refractivity contribution < 1.29 is 4.42 Å². The summed E-state index contributed by atoms with van der Waals surface area (Å²) in [7, 11) is 0. The lowest BCUT2D eigenvalue weighted by Gasteiger charge is -2.14. The molecular formula is C50H32N4O. The van der Waals surface area contributed by atoms with E-state index in [0.29, 0.717) is 17.6 Å². The Bertz CT molecular complexity index is 3250. The van der Waals surface area contributed by atoms with Crippen molar-refractivity contribution in [3.63, 3.8) is 0 Å². The maximum Gasteiger partial charge on any atom is 0.238 e. The van der Waals surface area contributed by atoms with E-state index in [9.17, 15) is 0 Å². The topological polar surface area (TPSA) is 56.7 Å². The van der Waals surface area contributed by atoms with Crippen LogP contribution in [-0.4, -0.2) is 19.5 Å². The van der Waals surface area contributed by atoms with Gasteiger partial charge in [-0.2, -0.15) is 9.97 Å². The van der Waals surface area contributed by atoms with Gasteiger partial charge in [0.1, 0.15) is 11.2 Å². The van der Waals surface area contributed by atoms with Gasteiger partial charge >= 0.3 is 0 Å². The van der Waals surface area contributed by atoms with Crippen molar-refractivity contribution in [2.75, 3.05) is 0 Å². The number of rotatable bonds is 5. The van der Waals surface area contributed by atoms with Gasteiger partial charge in [0.2, 0.25) is 5.95 Å². The minimum Gasteiger partial charge on any atom is -0.455 e. The first-order chi connectivity index (χ1) is 27.2. The second-order valence-corrected chi connectivity index (χ2v) is 14.1. The minimum absolute atomic E-state index is 0.550. The smallest absolute Gasteiger partial charge is 0.238 e. The Kier molecular flexibility index (Phi) is 7.01. The lowest BCUT2D eigenvalue weighted by Crippen LogP contribution is -2.07. The van der Waals surface area contributed by atoms with Gasteiger partial charge in [-0.3, -0.25) is 4.57 Å². The summed E-state index contributed by atoms with van der Waals surface area (Å²) in [5.74, 6) is 1.76. The number of aryl methyl sites for hydroxylation is 1. The molecule has 0 atom stereocenters. The van der Waals surface area contributed by atoms with E-state index in [1.165, 1.54) is 5.56 Å². The maximum atomic E-state index is 6.64. The van der Waals surface area contributed by atoms with Gasteiger partial charge in [0.15, 0.2) is 11.6 Å². The molecule has 3 aromatic heterocycles. The predicted molar refractivity (Wildman–Crippen MR) is 225 cm³/mol. The summed E-state index contributed by atoms with van der Waals surface area (Å²) in [6.07, 6.45) is 0. The summed E-state index contributed by atoms with van der Waals surface area (Å²) in [5, 5.41) is 6.71. The van der Waals surface area contributed by atoms with E-state index in [1.807, 2.05) is 36.4 Å². The molecule has 258 valence electrons. The number of hydrogen-bond acceptors (Lipinski definition) is 4. The van der Waals surface area contributed by atoms with Gasteiger partial charge in [-0.15, -0.1) is 0 Å². The summed E-state index contributed by atoms with van der Waals surface area (Å²) >= 11 is 0. The van der Waals surface area contributed by atoms with Crippen LogP contribution in [0.3, 0.4) is 0 Å². The molecule has 11 rings (SSSR count). The Labute approximate surface area is 316 Å². The van der Waals surface area contributed by atoms with Crippen LogP contribution in [0.4, 0.5) is 0 Å². The first-order valence-electron chi connectivity index (χ1n) is 18.5. The highest BCUT2D eigenvalue weighted by atomic mass is 16.3. The molecule has 5 heteroatoms. The van der Waals surface area contributed by atoms with Crippen LogP contribution in [0, 0.1) is 6.92 Å². The predicted octanol–water partition coefficient (Wildman–Crippen LogP) is 13.0. The second-order valence-electron chi connectivity index (χ2n) is 14.1. The van der Waals surface area contributed by atoms with Crippen LogP contribution in [0.5, 0.6) is 0 Å². The van der Waals surface area contributed by atoms with Gasteiger partial charge in [-0.1, -0.05) is 169 Å². The van der Waals surface area contributed by atoms with Crippen molar-refractivity contribution in [3.05, 3.63) is 181 Å². The average molecular weight is 705 g/mol. The van der Waals surface area contributed by atoms with Gasteiger partial charge in [0.05, 0.1) is 11.0 Å². The normalized spacial score (nSPS) is 11.7. The Morgan fingerprint density at radius 3 is 1.78 bits per heavy atom. The summed E-state index contributed by atoms with van der Waals surface area (Å²) in [6.45, 7) is 2.15. The van der Waals surface area contributed by atoms with Crippen LogP contribution in [0.15, 0.2) is 180 Å². The van der Waals surface area contributed by atoms with E-state index >= 15 is 0 Å². The largest absolute Gasteiger partial charge is 0.455 e. The van der Waals surface area contributed by atoms with Crippen molar-refractivity contribution in [2.24, 2.45) is 0 Å². The SMILES string of the molecule is Cc1ccc2ccc3c4cccc(-c5cccc6c5oc5ccccc56)c4n(-c4nc(-c5ccccc5)nc(-c5ccc(-c6ccccc6)cc5)n4)c3c2c1. The number of furan rings is 1. The zero-order valence-corrected chi connectivity index (χ0v) is 29.9. The van der Waals surface area contributed by atoms with Crippen LogP contribution >= 0.6 is 0 Å². The fourth-order valence-electron chi connectivity index (χ4n) is 8.12. The molecular weight excluding hydrogens is 673 g/mol. The first kappa shape index (κ1) is 31.2. The highest BCUT2D eigenvalue weighted by molar-refractivity contribution is 6.22. The van der Waals surface area contributed by atoms with E-state index in [2.05, 4.69) is 151 Å². The molecule has 8 aromatic carbocycles. The Balaban J connectivity index is 1.25. The molecule has 0 bridgehead atoms. The third-order valence-corrected chi connectivity index (χ3v) is 10.7. The molecule has 0 fully saturated rings. The summed E-state index contributed by atoms with van der Waals surface area (Å²) < 4.78 is 8.90. The number of fused-ring (bicyclic) bond motifs is 8. The van der Waals surface area contributed by atoms with E-state index in [-0.39, 0.29) is 0 Å². The molecule has 5 nitrogen and oxygen atoms in total. The monoisotopic (exact) mass is 704 g/mol. The molecule has 0 spiro atoms. The lowest BCUT2D eigenvalue weighted by atomic mass is 9.99. The fourth-order valence-corrected chi connectivity index (χ4v) is 8.12. The highest BCUT2D eigenvalue weighted by Crippen LogP contribution is 2.44. The van der Waals surface area contributed by atoms with E-state index < -0.39 is 0 Å². The Hall–Kier alpha value is -7.37. The quantitative estimate of drug-likeness (QED) is 0.179. The van der Waals surface area contributed by atoms with E-state index in [0.717, 1.165) is 87.9 Å². The van der Waals surface area contributed by atoms with Crippen LogP contribution < -0.4 is 0 Å². The zero-order chi connectivity index (χ0) is 36.5. The molecule has 0 aliphatic carbocycles. The third-order valence-electron chi connectivity index (χ3n) is 10.7. The summed E-state index contributed by atoms with van der Waals surface area (Å²) in [6, 6.07) is 61.4. The van der Waals surface area contributed by atoms with Crippen LogP contribution in [0.1, 0.15) is 5.56 Å².